The molecule has 0 aliphatic rings. The minimum atomic E-state index is -1.96. The van der Waals surface area contributed by atoms with Crippen molar-refractivity contribution in [1.82, 2.24) is 0 Å². The Morgan fingerprint density at radius 3 is 1.77 bits per heavy atom. The van der Waals surface area contributed by atoms with Crippen molar-refractivity contribution >= 4 is 11.6 Å². The van der Waals surface area contributed by atoms with E-state index in [1.807, 2.05) is 0 Å². The van der Waals surface area contributed by atoms with Gasteiger partial charge >= 0.3 is 0 Å². The Morgan fingerprint density at radius 1 is 1.15 bits per heavy atom. The van der Waals surface area contributed by atoms with Gasteiger partial charge in [-0.15, -0.1) is 0 Å². The van der Waals surface area contributed by atoms with Gasteiger partial charge in [-0.2, -0.15) is 0 Å². The molecule has 0 atom stereocenters. The first-order valence-corrected chi connectivity index (χ1v) is 4.42. The van der Waals surface area contributed by atoms with Gasteiger partial charge < -0.3 is 10.2 Å². The third-order valence-electron chi connectivity index (χ3n) is 2.04. The summed E-state index contributed by atoms with van der Waals surface area (Å²) >= 11 is 0. The van der Waals surface area contributed by atoms with Crippen molar-refractivity contribution in [2.24, 2.45) is 0 Å². The lowest BCUT2D eigenvalue weighted by Crippen LogP contribution is -2.46. The van der Waals surface area contributed by atoms with E-state index in [1.54, 1.807) is 13.8 Å². The highest BCUT2D eigenvalue weighted by molar-refractivity contribution is 6.09. The van der Waals surface area contributed by atoms with Gasteiger partial charge in [0.2, 0.25) is 0 Å². The first-order chi connectivity index (χ1) is 6.02. The van der Waals surface area contributed by atoms with Gasteiger partial charge in [0.15, 0.2) is 17.2 Å². The zero-order valence-electron chi connectivity index (χ0n) is 8.04. The number of Topliss-reactive ketones (excluding diaryl/α,β-unsaturated/α-hetero) is 2. The van der Waals surface area contributed by atoms with Crippen molar-refractivity contribution in [3.05, 3.63) is 0 Å². The first-order valence-electron chi connectivity index (χ1n) is 4.42. The normalized spacial score (nSPS) is 11.4. The van der Waals surface area contributed by atoms with Gasteiger partial charge in [0.05, 0.1) is 0 Å². The summed E-state index contributed by atoms with van der Waals surface area (Å²) in [5, 5.41) is 18.3. The summed E-state index contributed by atoms with van der Waals surface area (Å²) < 4.78 is 0. The number of aliphatic hydroxyl groups excluding tert-OH is 1. The predicted octanol–water partition coefficient (Wildman–Crippen LogP) is 0.0581. The molecule has 0 aromatic heterocycles. The van der Waals surface area contributed by atoms with Crippen molar-refractivity contribution in [2.75, 3.05) is 6.61 Å². The van der Waals surface area contributed by atoms with E-state index in [1.165, 1.54) is 0 Å². The van der Waals surface area contributed by atoms with E-state index in [-0.39, 0.29) is 25.9 Å². The Balaban J connectivity index is 4.71. The second-order valence-corrected chi connectivity index (χ2v) is 2.89. The number of ketones is 2. The smallest absolute Gasteiger partial charge is 0.183 e. The summed E-state index contributed by atoms with van der Waals surface area (Å²) in [6.45, 7) is 2.79. The molecular formula is C9H16O4. The zero-order valence-corrected chi connectivity index (χ0v) is 8.04. The fourth-order valence-electron chi connectivity index (χ4n) is 1.18. The molecule has 0 aromatic rings. The maximum Gasteiger partial charge on any atom is 0.183 e. The van der Waals surface area contributed by atoms with Gasteiger partial charge in [-0.05, 0) is 0 Å². The number of rotatable bonds is 6. The van der Waals surface area contributed by atoms with Crippen LogP contribution in [-0.4, -0.2) is 34.0 Å². The molecule has 0 aromatic carbocycles. The second kappa shape index (κ2) is 5.09. The molecule has 0 amide bonds. The lowest BCUT2D eigenvalue weighted by Gasteiger charge is -2.23. The molecule has 76 valence electrons. The summed E-state index contributed by atoms with van der Waals surface area (Å²) in [6, 6.07) is 0. The molecule has 0 unspecified atom stereocenters. The van der Waals surface area contributed by atoms with E-state index in [0.717, 1.165) is 0 Å². The molecule has 0 spiro atoms. The molecule has 0 saturated carbocycles. The molecule has 0 rings (SSSR count). The van der Waals surface area contributed by atoms with E-state index in [9.17, 15) is 14.7 Å². The van der Waals surface area contributed by atoms with Crippen LogP contribution in [0, 0.1) is 0 Å². The Labute approximate surface area is 77.6 Å². The van der Waals surface area contributed by atoms with Crippen LogP contribution in [0.1, 0.15) is 33.1 Å². The summed E-state index contributed by atoms with van der Waals surface area (Å²) in [5.74, 6) is -1.04. The van der Waals surface area contributed by atoms with Crippen LogP contribution in [0.5, 0.6) is 0 Å². The third-order valence-corrected chi connectivity index (χ3v) is 2.04. The molecule has 0 fully saturated rings. The molecule has 4 nitrogen and oxygen atoms in total. The van der Waals surface area contributed by atoms with Crippen molar-refractivity contribution in [1.29, 1.82) is 0 Å². The first kappa shape index (κ1) is 12.3. The van der Waals surface area contributed by atoms with E-state index < -0.39 is 17.2 Å². The standard InChI is InChI=1S/C9H16O4/c1-3-7(11)9(13,5-6-10)8(12)4-2/h10,13H,3-6H2,1-2H3. The van der Waals surface area contributed by atoms with Gasteiger partial charge in [-0.1, -0.05) is 13.8 Å². The third kappa shape index (κ3) is 2.60. The molecule has 0 aliphatic heterocycles. The van der Waals surface area contributed by atoms with Gasteiger partial charge in [0.25, 0.3) is 0 Å². The van der Waals surface area contributed by atoms with E-state index >= 15 is 0 Å². The maximum absolute atomic E-state index is 11.2. The monoisotopic (exact) mass is 188 g/mol. The summed E-state index contributed by atoms with van der Waals surface area (Å²) in [6.07, 6.45) is -0.00315. The minimum Gasteiger partial charge on any atom is -0.396 e. The zero-order chi connectivity index (χ0) is 10.5. The highest BCUT2D eigenvalue weighted by Crippen LogP contribution is 2.16. The van der Waals surface area contributed by atoms with Crippen LogP contribution >= 0.6 is 0 Å². The van der Waals surface area contributed by atoms with Gasteiger partial charge in [0.1, 0.15) is 0 Å². The summed E-state index contributed by atoms with van der Waals surface area (Å²) in [7, 11) is 0. The minimum absolute atomic E-state index is 0.0994. The largest absolute Gasteiger partial charge is 0.396 e. The number of aliphatic hydroxyl groups is 2. The molecule has 0 saturated heterocycles. The average Bonchev–Trinajstić information content (AvgIpc) is 2.15. The average molecular weight is 188 g/mol. The molecule has 13 heavy (non-hydrogen) atoms. The van der Waals surface area contributed by atoms with Crippen LogP contribution in [-0.2, 0) is 9.59 Å². The lowest BCUT2D eigenvalue weighted by molar-refractivity contribution is -0.152. The summed E-state index contributed by atoms with van der Waals surface area (Å²) in [4.78, 5) is 22.5. The van der Waals surface area contributed by atoms with E-state index in [2.05, 4.69) is 0 Å². The van der Waals surface area contributed by atoms with Crippen LogP contribution in [0.4, 0.5) is 0 Å². The van der Waals surface area contributed by atoms with Gasteiger partial charge in [-0.3, -0.25) is 9.59 Å². The van der Waals surface area contributed by atoms with E-state index in [0.29, 0.717) is 0 Å². The molecule has 0 bridgehead atoms. The molecule has 0 heterocycles. The van der Waals surface area contributed by atoms with Gasteiger partial charge in [0, 0.05) is 25.9 Å². The topological polar surface area (TPSA) is 74.6 Å². The highest BCUT2D eigenvalue weighted by atomic mass is 16.3. The highest BCUT2D eigenvalue weighted by Gasteiger charge is 2.40. The number of carbonyl (C=O) groups excluding carboxylic acids is 2. The van der Waals surface area contributed by atoms with Crippen LogP contribution in [0.2, 0.25) is 0 Å². The van der Waals surface area contributed by atoms with Crippen LogP contribution < -0.4 is 0 Å². The van der Waals surface area contributed by atoms with Crippen molar-refractivity contribution < 1.29 is 19.8 Å². The Kier molecular flexibility index (Phi) is 4.80. The van der Waals surface area contributed by atoms with Crippen LogP contribution in [0.15, 0.2) is 0 Å². The van der Waals surface area contributed by atoms with Gasteiger partial charge in [-0.25, -0.2) is 0 Å². The Hall–Kier alpha value is -0.740. The molecular weight excluding hydrogens is 172 g/mol. The quantitative estimate of drug-likeness (QED) is 0.578. The van der Waals surface area contributed by atoms with Crippen LogP contribution in [0.25, 0.3) is 0 Å². The Bertz CT molecular complexity index is 182. The number of carbonyl (C=O) groups is 2. The predicted molar refractivity (Wildman–Crippen MR) is 47.2 cm³/mol. The molecule has 4 heteroatoms. The molecule has 0 radical (unpaired) electrons. The number of hydrogen-bond donors (Lipinski definition) is 2. The number of hydrogen-bond acceptors (Lipinski definition) is 4. The van der Waals surface area contributed by atoms with Crippen LogP contribution in [0.3, 0.4) is 0 Å². The lowest BCUT2D eigenvalue weighted by atomic mass is 9.87. The fourth-order valence-corrected chi connectivity index (χ4v) is 1.18. The summed E-state index contributed by atoms with van der Waals surface area (Å²) in [5.41, 5.74) is -1.96. The van der Waals surface area contributed by atoms with E-state index in [4.69, 9.17) is 5.11 Å². The molecule has 2 N–H and O–H groups in total. The fraction of sp³-hybridized carbons (Fsp3) is 0.778. The van der Waals surface area contributed by atoms with Crippen molar-refractivity contribution in [2.45, 2.75) is 38.7 Å². The second-order valence-electron chi connectivity index (χ2n) is 2.89. The van der Waals surface area contributed by atoms with Crippen molar-refractivity contribution in [3.8, 4) is 0 Å². The maximum atomic E-state index is 11.2. The molecule has 0 aliphatic carbocycles. The van der Waals surface area contributed by atoms with Crippen molar-refractivity contribution in [3.63, 3.8) is 0 Å². The Morgan fingerprint density at radius 2 is 1.54 bits per heavy atom. The SMILES string of the molecule is CCC(=O)C(O)(CCO)C(=O)CC.